The van der Waals surface area contributed by atoms with Gasteiger partial charge in [-0.15, -0.1) is 0 Å². The number of H-pyrrole nitrogens is 1. The first-order valence-electron chi connectivity index (χ1n) is 4.13. The van der Waals surface area contributed by atoms with Crippen molar-refractivity contribution in [1.82, 2.24) is 10.3 Å². The molecular weight excluding hydrogens is 152 g/mol. The number of aryl methyl sites for hydroxylation is 1. The van der Waals surface area contributed by atoms with Crippen LogP contribution in [0.3, 0.4) is 0 Å². The Morgan fingerprint density at radius 1 is 1.58 bits per heavy atom. The molecule has 0 aliphatic carbocycles. The number of nitrogens with one attached hydrogen (secondary N) is 2. The third-order valence-corrected chi connectivity index (χ3v) is 1.70. The number of pyridine rings is 1. The van der Waals surface area contributed by atoms with E-state index in [0.717, 1.165) is 17.8 Å². The van der Waals surface area contributed by atoms with Gasteiger partial charge >= 0.3 is 0 Å². The summed E-state index contributed by atoms with van der Waals surface area (Å²) in [6.07, 6.45) is 1.76. The number of hydrogen-bond acceptors (Lipinski definition) is 2. The highest BCUT2D eigenvalue weighted by Gasteiger charge is 1.96. The molecule has 1 heterocycles. The van der Waals surface area contributed by atoms with E-state index in [4.69, 9.17) is 0 Å². The van der Waals surface area contributed by atoms with Crippen molar-refractivity contribution in [3.63, 3.8) is 0 Å². The normalized spacial score (nSPS) is 10.2. The number of aromatic amines is 1. The van der Waals surface area contributed by atoms with Crippen LogP contribution < -0.4 is 10.7 Å². The Hall–Kier alpha value is -1.09. The van der Waals surface area contributed by atoms with Crippen LogP contribution in [-0.4, -0.2) is 11.5 Å². The van der Waals surface area contributed by atoms with Crippen LogP contribution >= 0.6 is 0 Å². The fourth-order valence-electron chi connectivity index (χ4n) is 1.00. The van der Waals surface area contributed by atoms with Crippen LogP contribution in [0.5, 0.6) is 0 Å². The maximum Gasteiger partial charge on any atom is 0.186 e. The van der Waals surface area contributed by atoms with E-state index >= 15 is 0 Å². The summed E-state index contributed by atoms with van der Waals surface area (Å²) >= 11 is 0. The molecule has 66 valence electrons. The van der Waals surface area contributed by atoms with E-state index in [1.807, 2.05) is 13.8 Å². The van der Waals surface area contributed by atoms with Crippen molar-refractivity contribution >= 4 is 0 Å². The van der Waals surface area contributed by atoms with E-state index < -0.39 is 0 Å². The third-order valence-electron chi connectivity index (χ3n) is 1.70. The molecule has 0 saturated heterocycles. The second-order valence-corrected chi connectivity index (χ2v) is 2.79. The molecule has 1 aromatic heterocycles. The molecule has 0 saturated carbocycles. The van der Waals surface area contributed by atoms with Gasteiger partial charge in [-0.2, -0.15) is 0 Å². The van der Waals surface area contributed by atoms with Gasteiger partial charge in [0, 0.05) is 30.1 Å². The molecule has 0 bridgehead atoms. The molecule has 0 aliphatic heterocycles. The summed E-state index contributed by atoms with van der Waals surface area (Å²) in [5.41, 5.74) is 1.80. The Morgan fingerprint density at radius 3 is 2.92 bits per heavy atom. The Labute approximate surface area is 71.8 Å². The molecule has 2 N–H and O–H groups in total. The van der Waals surface area contributed by atoms with Gasteiger partial charge in [0.25, 0.3) is 0 Å². The Balaban J connectivity index is 2.80. The van der Waals surface area contributed by atoms with E-state index in [1.54, 1.807) is 12.3 Å². The summed E-state index contributed by atoms with van der Waals surface area (Å²) in [7, 11) is 0. The van der Waals surface area contributed by atoms with Crippen molar-refractivity contribution in [2.24, 2.45) is 0 Å². The average Bonchev–Trinajstić information content (AvgIpc) is 2.03. The smallest absolute Gasteiger partial charge is 0.186 e. The van der Waals surface area contributed by atoms with Crippen molar-refractivity contribution < 1.29 is 0 Å². The molecule has 0 unspecified atom stereocenters. The minimum atomic E-state index is 0.104. The van der Waals surface area contributed by atoms with Gasteiger partial charge in [0.15, 0.2) is 5.43 Å². The minimum Gasteiger partial charge on any atom is -0.365 e. The molecule has 0 aliphatic rings. The van der Waals surface area contributed by atoms with Gasteiger partial charge in [0.05, 0.1) is 0 Å². The monoisotopic (exact) mass is 166 g/mol. The van der Waals surface area contributed by atoms with Crippen molar-refractivity contribution in [1.29, 1.82) is 0 Å². The number of hydrogen-bond donors (Lipinski definition) is 2. The molecule has 1 rings (SSSR count). The van der Waals surface area contributed by atoms with E-state index in [1.165, 1.54) is 0 Å². The molecule has 0 spiro atoms. The van der Waals surface area contributed by atoms with Gasteiger partial charge in [0.2, 0.25) is 0 Å². The molecule has 3 heteroatoms. The predicted molar refractivity (Wildman–Crippen MR) is 49.2 cm³/mol. The van der Waals surface area contributed by atoms with Crippen molar-refractivity contribution in [2.75, 3.05) is 6.54 Å². The van der Waals surface area contributed by atoms with Crippen LogP contribution in [-0.2, 0) is 6.54 Å². The average molecular weight is 166 g/mol. The molecule has 0 atom stereocenters. The highest BCUT2D eigenvalue weighted by Crippen LogP contribution is 1.90. The highest BCUT2D eigenvalue weighted by molar-refractivity contribution is 5.13. The molecule has 0 amide bonds. The van der Waals surface area contributed by atoms with Crippen LogP contribution in [0.15, 0.2) is 17.1 Å². The van der Waals surface area contributed by atoms with Gasteiger partial charge in [0.1, 0.15) is 0 Å². The quantitative estimate of drug-likeness (QED) is 0.697. The van der Waals surface area contributed by atoms with E-state index in [-0.39, 0.29) is 5.43 Å². The lowest BCUT2D eigenvalue weighted by Crippen LogP contribution is -2.19. The Bertz CT molecular complexity index is 304. The van der Waals surface area contributed by atoms with E-state index in [2.05, 4.69) is 10.3 Å². The Morgan fingerprint density at radius 2 is 2.33 bits per heavy atom. The molecule has 0 aromatic carbocycles. The Kier molecular flexibility index (Phi) is 3.05. The highest BCUT2D eigenvalue weighted by atomic mass is 16.1. The summed E-state index contributed by atoms with van der Waals surface area (Å²) in [5.74, 6) is 0. The van der Waals surface area contributed by atoms with Crippen LogP contribution in [0.25, 0.3) is 0 Å². The van der Waals surface area contributed by atoms with Crippen LogP contribution in [0, 0.1) is 6.92 Å². The third kappa shape index (κ3) is 2.20. The molecule has 12 heavy (non-hydrogen) atoms. The van der Waals surface area contributed by atoms with E-state index in [0.29, 0.717) is 6.54 Å². The zero-order valence-corrected chi connectivity index (χ0v) is 7.48. The lowest BCUT2D eigenvalue weighted by Gasteiger charge is -2.00. The second-order valence-electron chi connectivity index (χ2n) is 2.79. The molecule has 1 aromatic rings. The first kappa shape index (κ1) is 9.00. The minimum absolute atomic E-state index is 0.104. The van der Waals surface area contributed by atoms with E-state index in [9.17, 15) is 4.79 Å². The zero-order valence-electron chi connectivity index (χ0n) is 7.48. The first-order chi connectivity index (χ1) is 5.74. The summed E-state index contributed by atoms with van der Waals surface area (Å²) in [6.45, 7) is 5.42. The molecule has 3 nitrogen and oxygen atoms in total. The standard InChI is InChI=1S/C9H14N2O/c1-3-10-5-8-6-11-7(2)4-9(8)12/h4,6,10H,3,5H2,1-2H3,(H,11,12). The van der Waals surface area contributed by atoms with Crippen LogP contribution in [0.2, 0.25) is 0 Å². The van der Waals surface area contributed by atoms with Crippen LogP contribution in [0.1, 0.15) is 18.2 Å². The molecule has 0 radical (unpaired) electrons. The van der Waals surface area contributed by atoms with Crippen molar-refractivity contribution in [3.05, 3.63) is 33.7 Å². The predicted octanol–water partition coefficient (Wildman–Crippen LogP) is 0.793. The maximum atomic E-state index is 11.3. The fraction of sp³-hybridized carbons (Fsp3) is 0.444. The van der Waals surface area contributed by atoms with Crippen molar-refractivity contribution in [3.8, 4) is 0 Å². The lowest BCUT2D eigenvalue weighted by molar-refractivity contribution is 0.720. The summed E-state index contributed by atoms with van der Waals surface area (Å²) in [6, 6.07) is 1.62. The fourth-order valence-corrected chi connectivity index (χ4v) is 1.00. The maximum absolute atomic E-state index is 11.3. The number of rotatable bonds is 3. The molecular formula is C9H14N2O. The van der Waals surface area contributed by atoms with Gasteiger partial charge in [-0.25, -0.2) is 0 Å². The largest absolute Gasteiger partial charge is 0.365 e. The van der Waals surface area contributed by atoms with Crippen LogP contribution in [0.4, 0.5) is 0 Å². The van der Waals surface area contributed by atoms with Gasteiger partial charge < -0.3 is 10.3 Å². The second kappa shape index (κ2) is 4.07. The first-order valence-corrected chi connectivity index (χ1v) is 4.13. The van der Waals surface area contributed by atoms with Gasteiger partial charge in [-0.1, -0.05) is 6.92 Å². The lowest BCUT2D eigenvalue weighted by atomic mass is 10.2. The summed E-state index contributed by atoms with van der Waals surface area (Å²) < 4.78 is 0. The van der Waals surface area contributed by atoms with Gasteiger partial charge in [-0.05, 0) is 13.5 Å². The SMILES string of the molecule is CCNCc1c[nH]c(C)cc1=O. The van der Waals surface area contributed by atoms with Crippen molar-refractivity contribution in [2.45, 2.75) is 20.4 Å². The topological polar surface area (TPSA) is 44.9 Å². The molecule has 0 fully saturated rings. The zero-order chi connectivity index (χ0) is 8.97. The summed E-state index contributed by atoms with van der Waals surface area (Å²) in [4.78, 5) is 14.3. The number of aromatic nitrogens is 1. The van der Waals surface area contributed by atoms with Gasteiger partial charge in [-0.3, -0.25) is 4.79 Å². The summed E-state index contributed by atoms with van der Waals surface area (Å²) in [5, 5.41) is 3.10.